The molecule has 0 bridgehead atoms. The summed E-state index contributed by atoms with van der Waals surface area (Å²) in [5.41, 5.74) is 5.13. The number of nitrogens with one attached hydrogen (secondary N) is 3. The van der Waals surface area contributed by atoms with Crippen molar-refractivity contribution in [1.82, 2.24) is 15.3 Å². The summed E-state index contributed by atoms with van der Waals surface area (Å²) in [5.74, 6) is -0.356. The molecule has 5 heteroatoms. The summed E-state index contributed by atoms with van der Waals surface area (Å²) in [6.07, 6.45) is 2.50. The molecule has 4 aromatic rings. The second-order valence-electron chi connectivity index (χ2n) is 6.63. The van der Waals surface area contributed by atoms with Gasteiger partial charge in [-0.15, -0.1) is 0 Å². The first-order valence-corrected chi connectivity index (χ1v) is 8.66. The van der Waals surface area contributed by atoms with Gasteiger partial charge in [-0.25, -0.2) is 4.39 Å². The van der Waals surface area contributed by atoms with Gasteiger partial charge in [0.15, 0.2) is 0 Å². The highest BCUT2D eigenvalue weighted by Gasteiger charge is 2.14. The Morgan fingerprint density at radius 3 is 2.85 bits per heavy atom. The van der Waals surface area contributed by atoms with Crippen LogP contribution in [0.2, 0.25) is 0 Å². The van der Waals surface area contributed by atoms with Crippen molar-refractivity contribution >= 4 is 27.7 Å². The number of benzene rings is 2. The van der Waals surface area contributed by atoms with Gasteiger partial charge in [-0.3, -0.25) is 4.79 Å². The SMILES string of the molecule is Cc1[nH]c2c(F)ccc(C)c2c1CCNC(=O)c1ccc2cc[nH]c2c1. The van der Waals surface area contributed by atoms with Gasteiger partial charge in [0, 0.05) is 34.9 Å². The van der Waals surface area contributed by atoms with E-state index in [4.69, 9.17) is 0 Å². The van der Waals surface area contributed by atoms with Crippen LogP contribution >= 0.6 is 0 Å². The molecular formula is C21H20FN3O. The molecule has 26 heavy (non-hydrogen) atoms. The number of rotatable bonds is 4. The maximum Gasteiger partial charge on any atom is 0.251 e. The van der Waals surface area contributed by atoms with Gasteiger partial charge in [0.2, 0.25) is 0 Å². The highest BCUT2D eigenvalue weighted by atomic mass is 19.1. The molecule has 0 fully saturated rings. The lowest BCUT2D eigenvalue weighted by atomic mass is 10.0. The van der Waals surface area contributed by atoms with Crippen molar-refractivity contribution in [2.75, 3.05) is 6.54 Å². The lowest BCUT2D eigenvalue weighted by Gasteiger charge is -2.07. The standard InChI is InChI=1S/C21H20FN3O/c1-12-3-6-17(22)20-19(12)16(13(2)25-20)8-10-24-21(26)15-5-4-14-7-9-23-18(14)11-15/h3-7,9,11,23,25H,8,10H2,1-2H3,(H,24,26). The van der Waals surface area contributed by atoms with Gasteiger partial charge >= 0.3 is 0 Å². The number of aromatic amines is 2. The fourth-order valence-electron chi connectivity index (χ4n) is 3.55. The molecule has 0 aliphatic rings. The largest absolute Gasteiger partial charge is 0.361 e. The van der Waals surface area contributed by atoms with E-state index in [2.05, 4.69) is 15.3 Å². The average molecular weight is 349 g/mol. The highest BCUT2D eigenvalue weighted by molar-refractivity contribution is 5.98. The summed E-state index contributed by atoms with van der Waals surface area (Å²) in [4.78, 5) is 18.7. The second kappa shape index (κ2) is 6.33. The Kier molecular flexibility index (Phi) is 3.99. The van der Waals surface area contributed by atoms with Crippen molar-refractivity contribution in [2.24, 2.45) is 0 Å². The Morgan fingerprint density at radius 2 is 2.00 bits per heavy atom. The third kappa shape index (κ3) is 2.75. The lowest BCUT2D eigenvalue weighted by molar-refractivity contribution is 0.0954. The van der Waals surface area contributed by atoms with Crippen molar-refractivity contribution in [3.05, 3.63) is 70.8 Å². The monoisotopic (exact) mass is 349 g/mol. The topological polar surface area (TPSA) is 60.7 Å². The number of hydrogen-bond donors (Lipinski definition) is 3. The van der Waals surface area contributed by atoms with E-state index in [9.17, 15) is 9.18 Å². The van der Waals surface area contributed by atoms with Crippen LogP contribution in [-0.4, -0.2) is 22.4 Å². The van der Waals surface area contributed by atoms with E-state index < -0.39 is 0 Å². The van der Waals surface area contributed by atoms with Crippen LogP contribution in [0.5, 0.6) is 0 Å². The molecule has 3 N–H and O–H groups in total. The van der Waals surface area contributed by atoms with E-state index in [1.54, 1.807) is 6.07 Å². The zero-order chi connectivity index (χ0) is 18.3. The molecule has 2 heterocycles. The van der Waals surface area contributed by atoms with Crippen LogP contribution < -0.4 is 5.32 Å². The van der Waals surface area contributed by atoms with E-state index in [-0.39, 0.29) is 11.7 Å². The summed E-state index contributed by atoms with van der Waals surface area (Å²) in [6, 6.07) is 10.8. The first-order chi connectivity index (χ1) is 12.5. The molecule has 132 valence electrons. The zero-order valence-electron chi connectivity index (χ0n) is 14.7. The van der Waals surface area contributed by atoms with Gasteiger partial charge in [-0.1, -0.05) is 12.1 Å². The molecule has 2 aromatic carbocycles. The van der Waals surface area contributed by atoms with Crippen molar-refractivity contribution in [3.63, 3.8) is 0 Å². The maximum absolute atomic E-state index is 14.0. The molecule has 0 atom stereocenters. The number of hydrogen-bond acceptors (Lipinski definition) is 1. The molecule has 0 unspecified atom stereocenters. The minimum Gasteiger partial charge on any atom is -0.361 e. The lowest BCUT2D eigenvalue weighted by Crippen LogP contribution is -2.25. The number of H-pyrrole nitrogens is 2. The molecule has 2 aromatic heterocycles. The van der Waals surface area contributed by atoms with Crippen LogP contribution in [0.4, 0.5) is 4.39 Å². The van der Waals surface area contributed by atoms with E-state index >= 15 is 0 Å². The molecule has 0 saturated heterocycles. The Bertz CT molecular complexity index is 1120. The minimum atomic E-state index is -0.247. The number of aryl methyl sites for hydroxylation is 2. The van der Waals surface area contributed by atoms with Gasteiger partial charge in [-0.05, 0) is 61.0 Å². The highest BCUT2D eigenvalue weighted by Crippen LogP contribution is 2.27. The summed E-state index contributed by atoms with van der Waals surface area (Å²) < 4.78 is 14.0. The van der Waals surface area contributed by atoms with Crippen molar-refractivity contribution in [1.29, 1.82) is 0 Å². The van der Waals surface area contributed by atoms with Gasteiger partial charge in [-0.2, -0.15) is 0 Å². The minimum absolute atomic E-state index is 0.109. The van der Waals surface area contributed by atoms with Crippen LogP contribution in [-0.2, 0) is 6.42 Å². The van der Waals surface area contributed by atoms with Crippen molar-refractivity contribution < 1.29 is 9.18 Å². The number of fused-ring (bicyclic) bond motifs is 2. The predicted molar refractivity (Wildman–Crippen MR) is 102 cm³/mol. The van der Waals surface area contributed by atoms with E-state index in [0.29, 0.717) is 24.0 Å². The van der Waals surface area contributed by atoms with Crippen LogP contribution in [0, 0.1) is 19.7 Å². The fraction of sp³-hybridized carbons (Fsp3) is 0.190. The number of aromatic nitrogens is 2. The number of amides is 1. The molecule has 0 saturated carbocycles. The van der Waals surface area contributed by atoms with Gasteiger partial charge in [0.1, 0.15) is 5.82 Å². The Hall–Kier alpha value is -3.08. The fourth-order valence-corrected chi connectivity index (χ4v) is 3.55. The zero-order valence-corrected chi connectivity index (χ0v) is 14.7. The van der Waals surface area contributed by atoms with Gasteiger partial charge in [0.25, 0.3) is 5.91 Å². The summed E-state index contributed by atoms with van der Waals surface area (Å²) in [7, 11) is 0. The Balaban J connectivity index is 1.51. The number of halogens is 1. The van der Waals surface area contributed by atoms with Crippen molar-refractivity contribution in [2.45, 2.75) is 20.3 Å². The van der Waals surface area contributed by atoms with E-state index in [0.717, 1.165) is 33.1 Å². The molecule has 0 aliphatic heterocycles. The summed E-state index contributed by atoms with van der Waals surface area (Å²) >= 11 is 0. The maximum atomic E-state index is 14.0. The van der Waals surface area contributed by atoms with E-state index in [1.165, 1.54) is 6.07 Å². The quantitative estimate of drug-likeness (QED) is 0.503. The van der Waals surface area contributed by atoms with Crippen LogP contribution in [0.1, 0.15) is 27.2 Å². The second-order valence-corrected chi connectivity index (χ2v) is 6.63. The molecule has 4 rings (SSSR count). The van der Waals surface area contributed by atoms with Gasteiger partial charge < -0.3 is 15.3 Å². The molecule has 4 nitrogen and oxygen atoms in total. The van der Waals surface area contributed by atoms with Crippen LogP contribution in [0.25, 0.3) is 21.8 Å². The Morgan fingerprint density at radius 1 is 1.15 bits per heavy atom. The molecular weight excluding hydrogens is 329 g/mol. The first-order valence-electron chi connectivity index (χ1n) is 8.66. The predicted octanol–water partition coefficient (Wildman–Crippen LogP) is 4.38. The Labute approximate surface area is 150 Å². The van der Waals surface area contributed by atoms with Gasteiger partial charge in [0.05, 0.1) is 5.52 Å². The molecule has 1 amide bonds. The first kappa shape index (κ1) is 16.4. The summed E-state index contributed by atoms with van der Waals surface area (Å²) in [6.45, 7) is 4.41. The van der Waals surface area contributed by atoms with Crippen molar-refractivity contribution in [3.8, 4) is 0 Å². The third-order valence-corrected chi connectivity index (χ3v) is 4.91. The number of carbonyl (C=O) groups excluding carboxylic acids is 1. The smallest absolute Gasteiger partial charge is 0.251 e. The molecule has 0 radical (unpaired) electrons. The summed E-state index contributed by atoms with van der Waals surface area (Å²) in [5, 5.41) is 4.96. The van der Waals surface area contributed by atoms with E-state index in [1.807, 2.05) is 44.3 Å². The molecule has 0 aliphatic carbocycles. The average Bonchev–Trinajstić information content (AvgIpc) is 3.22. The normalized spacial score (nSPS) is 11.3. The third-order valence-electron chi connectivity index (χ3n) is 4.91. The number of carbonyl (C=O) groups is 1. The van der Waals surface area contributed by atoms with Crippen LogP contribution in [0.15, 0.2) is 42.6 Å². The molecule has 0 spiro atoms. The van der Waals surface area contributed by atoms with Crippen LogP contribution in [0.3, 0.4) is 0 Å².